The van der Waals surface area contributed by atoms with Crippen molar-refractivity contribution in [1.29, 1.82) is 0 Å². The predicted molar refractivity (Wildman–Crippen MR) is 56.7 cm³/mol. The van der Waals surface area contributed by atoms with Gasteiger partial charge in [0.2, 0.25) is 0 Å². The van der Waals surface area contributed by atoms with Gasteiger partial charge in [0.25, 0.3) is 5.91 Å². The first kappa shape index (κ1) is 11.8. The number of phenols is 1. The van der Waals surface area contributed by atoms with Gasteiger partial charge in [0.1, 0.15) is 0 Å². The molecular formula is C9H6Cl2FNO2. The highest BCUT2D eigenvalue weighted by atomic mass is 35.5. The molecule has 0 fully saturated rings. The van der Waals surface area contributed by atoms with Gasteiger partial charge in [-0.25, -0.2) is 4.39 Å². The van der Waals surface area contributed by atoms with E-state index in [-0.39, 0.29) is 15.7 Å². The Balaban J connectivity index is 3.05. The highest BCUT2D eigenvalue weighted by Gasteiger charge is 2.12. The van der Waals surface area contributed by atoms with E-state index in [9.17, 15) is 14.3 Å². The summed E-state index contributed by atoms with van der Waals surface area (Å²) in [5.74, 6) is -2.38. The Morgan fingerprint density at radius 1 is 1.53 bits per heavy atom. The number of rotatable bonds is 2. The van der Waals surface area contributed by atoms with Gasteiger partial charge in [-0.05, 0) is 12.1 Å². The van der Waals surface area contributed by atoms with Gasteiger partial charge < -0.3 is 10.4 Å². The third-order valence-corrected chi connectivity index (χ3v) is 1.91. The highest BCUT2D eigenvalue weighted by molar-refractivity contribution is 6.43. The lowest BCUT2D eigenvalue weighted by atomic mass is 10.2. The van der Waals surface area contributed by atoms with Gasteiger partial charge in [-0.1, -0.05) is 29.8 Å². The number of nitrogens with one attached hydrogen (secondary N) is 1. The van der Waals surface area contributed by atoms with Gasteiger partial charge in [-0.2, -0.15) is 0 Å². The number of amides is 1. The average molecular weight is 250 g/mol. The number of aromatic hydroxyl groups is 1. The molecule has 0 aliphatic heterocycles. The molecule has 1 aromatic carbocycles. The Morgan fingerprint density at radius 2 is 2.13 bits per heavy atom. The molecule has 0 unspecified atom stereocenters. The van der Waals surface area contributed by atoms with Crippen molar-refractivity contribution in [3.8, 4) is 5.75 Å². The lowest BCUT2D eigenvalue weighted by Gasteiger charge is -2.07. The summed E-state index contributed by atoms with van der Waals surface area (Å²) in [6.07, 6.45) is 0. The number of hydrogen-bond acceptors (Lipinski definition) is 2. The van der Waals surface area contributed by atoms with Crippen LogP contribution in [0.25, 0.3) is 0 Å². The summed E-state index contributed by atoms with van der Waals surface area (Å²) in [7, 11) is 0. The van der Waals surface area contributed by atoms with Crippen LogP contribution in [0.3, 0.4) is 0 Å². The molecule has 6 heteroatoms. The Morgan fingerprint density at radius 3 is 2.67 bits per heavy atom. The van der Waals surface area contributed by atoms with Crippen LogP contribution >= 0.6 is 23.2 Å². The van der Waals surface area contributed by atoms with Crippen LogP contribution in [0.1, 0.15) is 0 Å². The van der Waals surface area contributed by atoms with Gasteiger partial charge in [-0.3, -0.25) is 4.79 Å². The Kier molecular flexibility index (Phi) is 3.55. The smallest absolute Gasteiger partial charge is 0.266 e. The van der Waals surface area contributed by atoms with Crippen LogP contribution < -0.4 is 5.32 Å². The molecule has 0 atom stereocenters. The van der Waals surface area contributed by atoms with E-state index >= 15 is 0 Å². The van der Waals surface area contributed by atoms with E-state index in [2.05, 4.69) is 11.9 Å². The summed E-state index contributed by atoms with van der Waals surface area (Å²) in [5, 5.41) is 11.1. The van der Waals surface area contributed by atoms with E-state index in [0.717, 1.165) is 6.07 Å². The SMILES string of the molecule is C=C(Cl)C(=O)Nc1cc(Cl)cc(F)c1O. The summed E-state index contributed by atoms with van der Waals surface area (Å²) >= 11 is 10.8. The van der Waals surface area contributed by atoms with E-state index in [1.165, 1.54) is 6.07 Å². The molecule has 1 amide bonds. The second kappa shape index (κ2) is 4.51. The standard InChI is InChI=1S/C9H6Cl2FNO2/c1-4(10)9(15)13-7-3-5(11)2-6(12)8(7)14/h2-3,14H,1H2,(H,13,15). The number of halogens is 3. The molecule has 80 valence electrons. The van der Waals surface area contributed by atoms with Crippen molar-refractivity contribution < 1.29 is 14.3 Å². The minimum atomic E-state index is -0.932. The van der Waals surface area contributed by atoms with Crippen LogP contribution in [0.15, 0.2) is 23.7 Å². The Bertz CT molecular complexity index is 434. The van der Waals surface area contributed by atoms with Gasteiger partial charge in [0.05, 0.1) is 10.7 Å². The molecule has 0 radical (unpaired) electrons. The number of carbonyl (C=O) groups is 1. The summed E-state index contributed by atoms with van der Waals surface area (Å²) in [6, 6.07) is 2.11. The number of carbonyl (C=O) groups excluding carboxylic acids is 1. The van der Waals surface area contributed by atoms with Crippen LogP contribution in [0.4, 0.5) is 10.1 Å². The number of phenolic OH excluding ortho intramolecular Hbond substituents is 1. The van der Waals surface area contributed by atoms with E-state index in [1.807, 2.05) is 0 Å². The summed E-state index contributed by atoms with van der Waals surface area (Å²) in [5.41, 5.74) is -0.160. The van der Waals surface area contributed by atoms with Crippen molar-refractivity contribution in [3.63, 3.8) is 0 Å². The fourth-order valence-corrected chi connectivity index (χ4v) is 1.10. The molecule has 0 aliphatic carbocycles. The fraction of sp³-hybridized carbons (Fsp3) is 0. The molecule has 0 saturated carbocycles. The monoisotopic (exact) mass is 249 g/mol. The number of anilines is 1. The van der Waals surface area contributed by atoms with Crippen molar-refractivity contribution in [2.24, 2.45) is 0 Å². The van der Waals surface area contributed by atoms with Crippen molar-refractivity contribution in [3.05, 3.63) is 34.6 Å². The Hall–Kier alpha value is -1.26. The maximum Gasteiger partial charge on any atom is 0.266 e. The highest BCUT2D eigenvalue weighted by Crippen LogP contribution is 2.30. The second-order valence-corrected chi connectivity index (χ2v) is 3.54. The lowest BCUT2D eigenvalue weighted by molar-refractivity contribution is -0.112. The first-order valence-electron chi connectivity index (χ1n) is 3.75. The zero-order valence-corrected chi connectivity index (χ0v) is 8.86. The maximum atomic E-state index is 13.0. The average Bonchev–Trinajstić information content (AvgIpc) is 2.13. The van der Waals surface area contributed by atoms with Crippen LogP contribution in [0.5, 0.6) is 5.75 Å². The summed E-state index contributed by atoms with van der Waals surface area (Å²) in [4.78, 5) is 11.1. The van der Waals surface area contributed by atoms with Gasteiger partial charge in [-0.15, -0.1) is 0 Å². The summed E-state index contributed by atoms with van der Waals surface area (Å²) in [6.45, 7) is 3.17. The van der Waals surface area contributed by atoms with Gasteiger partial charge in [0, 0.05) is 5.02 Å². The molecule has 2 N–H and O–H groups in total. The maximum absolute atomic E-state index is 13.0. The van der Waals surface area contributed by atoms with Crippen LogP contribution in [0.2, 0.25) is 5.02 Å². The number of benzene rings is 1. The van der Waals surface area contributed by atoms with Gasteiger partial charge in [0.15, 0.2) is 11.6 Å². The van der Waals surface area contributed by atoms with Gasteiger partial charge >= 0.3 is 0 Å². The van der Waals surface area contributed by atoms with Crippen molar-refractivity contribution in [1.82, 2.24) is 0 Å². The van der Waals surface area contributed by atoms with Crippen molar-refractivity contribution in [2.75, 3.05) is 5.32 Å². The fourth-order valence-electron chi connectivity index (χ4n) is 0.851. The molecule has 3 nitrogen and oxygen atoms in total. The molecule has 0 aromatic heterocycles. The molecule has 0 saturated heterocycles. The van der Waals surface area contributed by atoms with E-state index in [0.29, 0.717) is 0 Å². The van der Waals surface area contributed by atoms with Crippen LogP contribution in [0, 0.1) is 5.82 Å². The molecule has 0 bridgehead atoms. The molecule has 15 heavy (non-hydrogen) atoms. The van der Waals surface area contributed by atoms with E-state index in [4.69, 9.17) is 23.2 Å². The van der Waals surface area contributed by atoms with Crippen LogP contribution in [-0.2, 0) is 4.79 Å². The lowest BCUT2D eigenvalue weighted by Crippen LogP contribution is -2.11. The van der Waals surface area contributed by atoms with Crippen molar-refractivity contribution >= 4 is 34.8 Å². The number of hydrogen-bond donors (Lipinski definition) is 2. The van der Waals surface area contributed by atoms with Crippen molar-refractivity contribution in [2.45, 2.75) is 0 Å². The molecule has 1 aromatic rings. The third-order valence-electron chi connectivity index (χ3n) is 1.52. The quantitative estimate of drug-likeness (QED) is 0.626. The predicted octanol–water partition coefficient (Wildman–Crippen LogP) is 2.88. The second-order valence-electron chi connectivity index (χ2n) is 2.64. The zero-order chi connectivity index (χ0) is 11.6. The van der Waals surface area contributed by atoms with E-state index < -0.39 is 17.5 Å². The third kappa shape index (κ3) is 2.84. The molecule has 1 rings (SSSR count). The topological polar surface area (TPSA) is 49.3 Å². The molecule has 0 aliphatic rings. The Labute approximate surface area is 95.1 Å². The van der Waals surface area contributed by atoms with E-state index in [1.54, 1.807) is 0 Å². The first-order valence-corrected chi connectivity index (χ1v) is 4.51. The normalized spacial score (nSPS) is 9.80. The minimum Gasteiger partial charge on any atom is -0.503 e. The minimum absolute atomic E-state index is 0.0424. The summed E-state index contributed by atoms with van der Waals surface area (Å²) < 4.78 is 13.0. The first-order chi connectivity index (χ1) is 6.91. The molecule has 0 spiro atoms. The molecule has 0 heterocycles. The van der Waals surface area contributed by atoms with Crippen LogP contribution in [-0.4, -0.2) is 11.0 Å². The zero-order valence-electron chi connectivity index (χ0n) is 7.35. The largest absolute Gasteiger partial charge is 0.503 e. The molecular weight excluding hydrogens is 244 g/mol.